The molecule has 1 aromatic rings. The second-order valence-electron chi connectivity index (χ2n) is 4.46. The predicted octanol–water partition coefficient (Wildman–Crippen LogP) is 1.81. The molecule has 2 atom stereocenters. The van der Waals surface area contributed by atoms with Crippen LogP contribution >= 0.6 is 0 Å². The lowest BCUT2D eigenvalue weighted by atomic mass is 10.00. The van der Waals surface area contributed by atoms with Gasteiger partial charge in [0.2, 0.25) is 5.91 Å². The number of hydrogen-bond acceptors (Lipinski definition) is 4. The molecular formula is C14H20N2O3. The predicted molar refractivity (Wildman–Crippen MR) is 72.2 cm³/mol. The molecule has 19 heavy (non-hydrogen) atoms. The maximum absolute atomic E-state index is 11.6. The number of ether oxygens (including phenoxy) is 1. The average Bonchev–Trinajstić information content (AvgIpc) is 2.44. The fourth-order valence-electron chi connectivity index (χ4n) is 1.46. The van der Waals surface area contributed by atoms with E-state index in [-0.39, 0.29) is 12.5 Å². The number of nitrogens with one attached hydrogen (secondary N) is 1. The fourth-order valence-corrected chi connectivity index (χ4v) is 1.46. The molecule has 0 aliphatic rings. The molecule has 104 valence electrons. The summed E-state index contributed by atoms with van der Waals surface area (Å²) in [5.74, 6) is -0.491. The van der Waals surface area contributed by atoms with E-state index in [9.17, 15) is 9.59 Å². The molecule has 5 nitrogen and oxygen atoms in total. The fraction of sp³-hybridized carbons (Fsp3) is 0.429. The van der Waals surface area contributed by atoms with Crippen LogP contribution in [0.3, 0.4) is 0 Å². The van der Waals surface area contributed by atoms with Crippen molar-refractivity contribution < 1.29 is 14.3 Å². The summed E-state index contributed by atoms with van der Waals surface area (Å²) in [4.78, 5) is 23.1. The minimum atomic E-state index is -0.771. The van der Waals surface area contributed by atoms with Gasteiger partial charge in [0.15, 0.2) is 0 Å². The van der Waals surface area contributed by atoms with Crippen molar-refractivity contribution in [1.29, 1.82) is 0 Å². The molecular weight excluding hydrogens is 244 g/mol. The maximum atomic E-state index is 11.6. The van der Waals surface area contributed by atoms with Crippen molar-refractivity contribution in [3.05, 3.63) is 35.9 Å². The van der Waals surface area contributed by atoms with Crippen molar-refractivity contribution in [3.8, 4) is 0 Å². The maximum Gasteiger partial charge on any atom is 0.414 e. The van der Waals surface area contributed by atoms with Gasteiger partial charge < -0.3 is 10.5 Å². The molecule has 0 aliphatic carbocycles. The minimum absolute atomic E-state index is 0.0157. The van der Waals surface area contributed by atoms with Gasteiger partial charge >= 0.3 is 6.09 Å². The number of nitrogens with two attached hydrogens (primary N) is 1. The van der Waals surface area contributed by atoms with E-state index in [1.807, 2.05) is 44.2 Å². The molecule has 0 aliphatic heterocycles. The monoisotopic (exact) mass is 264 g/mol. The first-order valence-corrected chi connectivity index (χ1v) is 6.31. The van der Waals surface area contributed by atoms with Crippen LogP contribution in [0.25, 0.3) is 0 Å². The van der Waals surface area contributed by atoms with E-state index in [2.05, 4.69) is 5.32 Å². The Morgan fingerprint density at radius 1 is 1.32 bits per heavy atom. The summed E-state index contributed by atoms with van der Waals surface area (Å²) >= 11 is 0. The number of imide groups is 1. The van der Waals surface area contributed by atoms with E-state index in [1.54, 1.807) is 0 Å². The van der Waals surface area contributed by atoms with Gasteiger partial charge in [-0.05, 0) is 11.5 Å². The van der Waals surface area contributed by atoms with Crippen LogP contribution in [0, 0.1) is 5.92 Å². The third-order valence-corrected chi connectivity index (χ3v) is 3.00. The smallest absolute Gasteiger partial charge is 0.414 e. The van der Waals surface area contributed by atoms with Gasteiger partial charge in [-0.15, -0.1) is 0 Å². The number of carbonyl (C=O) groups excluding carboxylic acids is 2. The molecule has 1 rings (SSSR count). The Morgan fingerprint density at radius 3 is 2.53 bits per heavy atom. The van der Waals surface area contributed by atoms with E-state index in [0.29, 0.717) is 0 Å². The summed E-state index contributed by atoms with van der Waals surface area (Å²) in [5, 5.41) is 2.14. The van der Waals surface area contributed by atoms with E-state index >= 15 is 0 Å². The van der Waals surface area contributed by atoms with E-state index in [1.165, 1.54) is 0 Å². The SMILES string of the molecule is CC[C@H](C)[C@H](N)C(=O)NC(=O)OCc1ccccc1. The summed E-state index contributed by atoms with van der Waals surface area (Å²) < 4.78 is 4.94. The molecule has 0 saturated carbocycles. The van der Waals surface area contributed by atoms with Crippen LogP contribution in [0.1, 0.15) is 25.8 Å². The van der Waals surface area contributed by atoms with E-state index < -0.39 is 18.0 Å². The molecule has 0 fully saturated rings. The van der Waals surface area contributed by atoms with Crippen molar-refractivity contribution in [2.24, 2.45) is 11.7 Å². The minimum Gasteiger partial charge on any atom is -0.444 e. The third kappa shape index (κ3) is 5.09. The Hall–Kier alpha value is -1.88. The highest BCUT2D eigenvalue weighted by Gasteiger charge is 2.21. The van der Waals surface area contributed by atoms with Gasteiger partial charge in [-0.3, -0.25) is 10.1 Å². The first-order chi connectivity index (χ1) is 9.04. The molecule has 0 radical (unpaired) electrons. The molecule has 5 heteroatoms. The van der Waals surface area contributed by atoms with Crippen molar-refractivity contribution in [2.45, 2.75) is 32.9 Å². The number of benzene rings is 1. The summed E-state index contributed by atoms with van der Waals surface area (Å²) in [6.45, 7) is 3.92. The van der Waals surface area contributed by atoms with Gasteiger partial charge in [-0.1, -0.05) is 50.6 Å². The van der Waals surface area contributed by atoms with Crippen molar-refractivity contribution >= 4 is 12.0 Å². The second kappa shape index (κ2) is 7.53. The lowest BCUT2D eigenvalue weighted by Crippen LogP contribution is -2.46. The molecule has 2 amide bonds. The van der Waals surface area contributed by atoms with Crippen molar-refractivity contribution in [2.75, 3.05) is 0 Å². The van der Waals surface area contributed by atoms with Crippen LogP contribution in [0.4, 0.5) is 4.79 Å². The summed E-state index contributed by atoms with van der Waals surface area (Å²) in [6, 6.07) is 8.54. The molecule has 0 unspecified atom stereocenters. The zero-order valence-corrected chi connectivity index (χ0v) is 11.3. The molecule has 0 spiro atoms. The Kier molecular flexibility index (Phi) is 6.02. The third-order valence-electron chi connectivity index (χ3n) is 3.00. The molecule has 3 N–H and O–H groups in total. The Morgan fingerprint density at radius 2 is 1.95 bits per heavy atom. The average molecular weight is 264 g/mol. The molecule has 0 saturated heterocycles. The topological polar surface area (TPSA) is 81.4 Å². The van der Waals surface area contributed by atoms with Crippen LogP contribution in [0.5, 0.6) is 0 Å². The molecule has 0 aromatic heterocycles. The van der Waals surface area contributed by atoms with Gasteiger partial charge in [0.05, 0.1) is 6.04 Å². The molecule has 0 heterocycles. The summed E-state index contributed by atoms with van der Waals surface area (Å²) in [5.41, 5.74) is 6.56. The summed E-state index contributed by atoms with van der Waals surface area (Å²) in [6.07, 6.45) is 0.000743. The quantitative estimate of drug-likeness (QED) is 0.849. The van der Waals surface area contributed by atoms with Crippen LogP contribution in [0.15, 0.2) is 30.3 Å². The highest BCUT2D eigenvalue weighted by molar-refractivity contribution is 5.94. The highest BCUT2D eigenvalue weighted by Crippen LogP contribution is 2.05. The van der Waals surface area contributed by atoms with Crippen molar-refractivity contribution in [1.82, 2.24) is 5.32 Å². The van der Waals surface area contributed by atoms with Crippen LogP contribution in [0.2, 0.25) is 0 Å². The van der Waals surface area contributed by atoms with Gasteiger partial charge in [-0.2, -0.15) is 0 Å². The largest absolute Gasteiger partial charge is 0.444 e. The summed E-state index contributed by atoms with van der Waals surface area (Å²) in [7, 11) is 0. The zero-order chi connectivity index (χ0) is 14.3. The number of hydrogen-bond donors (Lipinski definition) is 2. The highest BCUT2D eigenvalue weighted by atomic mass is 16.5. The van der Waals surface area contributed by atoms with Crippen LogP contribution in [-0.4, -0.2) is 18.0 Å². The number of alkyl carbamates (subject to hydrolysis) is 1. The molecule has 1 aromatic carbocycles. The first kappa shape index (κ1) is 15.2. The lowest BCUT2D eigenvalue weighted by Gasteiger charge is -2.16. The normalized spacial score (nSPS) is 13.4. The van der Waals surface area contributed by atoms with E-state index in [0.717, 1.165) is 12.0 Å². The van der Waals surface area contributed by atoms with Gasteiger partial charge in [0.25, 0.3) is 0 Å². The number of carbonyl (C=O) groups is 2. The van der Waals surface area contributed by atoms with Gasteiger partial charge in [-0.25, -0.2) is 4.79 Å². The number of amides is 2. The van der Waals surface area contributed by atoms with E-state index in [4.69, 9.17) is 10.5 Å². The standard InChI is InChI=1S/C14H20N2O3/c1-3-10(2)12(15)13(17)16-14(18)19-9-11-7-5-4-6-8-11/h4-8,10,12H,3,9,15H2,1-2H3,(H,16,17,18)/t10-,12-/m0/s1. The van der Waals surface area contributed by atoms with Gasteiger partial charge in [0, 0.05) is 0 Å². The second-order valence-corrected chi connectivity index (χ2v) is 4.46. The zero-order valence-electron chi connectivity index (χ0n) is 11.3. The first-order valence-electron chi connectivity index (χ1n) is 6.31. The molecule has 0 bridgehead atoms. The Labute approximate surface area is 113 Å². The van der Waals surface area contributed by atoms with Crippen LogP contribution < -0.4 is 11.1 Å². The lowest BCUT2D eigenvalue weighted by molar-refractivity contribution is -0.122. The van der Waals surface area contributed by atoms with Crippen molar-refractivity contribution in [3.63, 3.8) is 0 Å². The number of rotatable bonds is 5. The van der Waals surface area contributed by atoms with Gasteiger partial charge in [0.1, 0.15) is 6.61 Å². The van der Waals surface area contributed by atoms with Crippen LogP contribution in [-0.2, 0) is 16.1 Å². The Balaban J connectivity index is 2.37. The Bertz CT molecular complexity index is 420.